The van der Waals surface area contributed by atoms with Gasteiger partial charge in [0.2, 0.25) is 0 Å². The predicted octanol–water partition coefficient (Wildman–Crippen LogP) is 2.75. The molecule has 0 aliphatic heterocycles. The predicted molar refractivity (Wildman–Crippen MR) is 91.4 cm³/mol. The molecule has 0 fully saturated rings. The van der Waals surface area contributed by atoms with Gasteiger partial charge in [0.25, 0.3) is 10.0 Å². The van der Waals surface area contributed by atoms with Crippen molar-refractivity contribution in [3.05, 3.63) is 72.1 Å². The van der Waals surface area contributed by atoms with Crippen molar-refractivity contribution in [3.63, 3.8) is 0 Å². The molecule has 1 heterocycles. The molecule has 2 N–H and O–H groups in total. The van der Waals surface area contributed by atoms with Gasteiger partial charge in [-0.2, -0.15) is 5.10 Å². The van der Waals surface area contributed by atoms with Gasteiger partial charge in [-0.25, -0.2) is 8.42 Å². The Kier molecular flexibility index (Phi) is 4.26. The highest BCUT2D eigenvalue weighted by atomic mass is 32.2. The number of hydrogen-bond donors (Lipinski definition) is 2. The SMILES string of the molecule is Cc1ccc(O)c(S(=O)(=O)Nc2ccccc2Cn2cccn2)c1. The monoisotopic (exact) mass is 343 g/mol. The topological polar surface area (TPSA) is 84.2 Å². The fraction of sp³-hybridized carbons (Fsp3) is 0.118. The Balaban J connectivity index is 1.94. The first-order chi connectivity index (χ1) is 11.5. The number of aryl methyl sites for hydroxylation is 1. The number of anilines is 1. The van der Waals surface area contributed by atoms with Gasteiger partial charge in [-0.3, -0.25) is 9.40 Å². The molecule has 3 rings (SSSR count). The molecule has 1 aromatic heterocycles. The van der Waals surface area contributed by atoms with E-state index in [9.17, 15) is 13.5 Å². The first kappa shape index (κ1) is 16.1. The summed E-state index contributed by atoms with van der Waals surface area (Å²) in [5, 5.41) is 14.0. The minimum absolute atomic E-state index is 0.142. The van der Waals surface area contributed by atoms with Crippen LogP contribution in [0.25, 0.3) is 0 Å². The lowest BCUT2D eigenvalue weighted by Crippen LogP contribution is -2.15. The average Bonchev–Trinajstić information content (AvgIpc) is 3.04. The molecule has 2 aromatic carbocycles. The second-order valence-electron chi connectivity index (χ2n) is 5.44. The third-order valence-corrected chi connectivity index (χ3v) is 4.95. The van der Waals surface area contributed by atoms with Gasteiger partial charge in [0.1, 0.15) is 10.6 Å². The fourth-order valence-electron chi connectivity index (χ4n) is 2.36. The summed E-state index contributed by atoms with van der Waals surface area (Å²) in [5.41, 5.74) is 1.98. The van der Waals surface area contributed by atoms with E-state index in [-0.39, 0.29) is 10.6 Å². The highest BCUT2D eigenvalue weighted by Crippen LogP contribution is 2.27. The molecule has 6 nitrogen and oxygen atoms in total. The number of nitrogens with one attached hydrogen (secondary N) is 1. The second-order valence-corrected chi connectivity index (χ2v) is 7.09. The van der Waals surface area contributed by atoms with Crippen molar-refractivity contribution in [2.75, 3.05) is 4.72 Å². The Hall–Kier alpha value is -2.80. The van der Waals surface area contributed by atoms with Crippen LogP contribution in [-0.4, -0.2) is 23.3 Å². The molecular formula is C17H17N3O3S. The molecule has 124 valence electrons. The van der Waals surface area contributed by atoms with Crippen LogP contribution >= 0.6 is 0 Å². The molecule has 0 amide bonds. The number of aromatic nitrogens is 2. The molecule has 24 heavy (non-hydrogen) atoms. The van der Waals surface area contributed by atoms with E-state index >= 15 is 0 Å². The van der Waals surface area contributed by atoms with Crippen LogP contribution in [0.5, 0.6) is 5.75 Å². The van der Waals surface area contributed by atoms with Crippen LogP contribution in [0.4, 0.5) is 5.69 Å². The first-order valence-corrected chi connectivity index (χ1v) is 8.82. The van der Waals surface area contributed by atoms with Crippen molar-refractivity contribution in [2.24, 2.45) is 0 Å². The molecule has 0 spiro atoms. The highest BCUT2D eigenvalue weighted by Gasteiger charge is 2.20. The number of phenols is 1. The van der Waals surface area contributed by atoms with Crippen LogP contribution in [0, 0.1) is 6.92 Å². The van der Waals surface area contributed by atoms with Gasteiger partial charge in [-0.05, 0) is 42.3 Å². The molecule has 0 unspecified atom stereocenters. The number of benzene rings is 2. The number of phenolic OH excluding ortho intramolecular Hbond substituents is 1. The van der Waals surface area contributed by atoms with Crippen molar-refractivity contribution >= 4 is 15.7 Å². The number of aromatic hydroxyl groups is 1. The van der Waals surface area contributed by atoms with E-state index < -0.39 is 10.0 Å². The molecular weight excluding hydrogens is 326 g/mol. The smallest absolute Gasteiger partial charge is 0.265 e. The van der Waals surface area contributed by atoms with Crippen LogP contribution in [0.2, 0.25) is 0 Å². The van der Waals surface area contributed by atoms with Gasteiger partial charge in [0, 0.05) is 12.4 Å². The van der Waals surface area contributed by atoms with Crippen LogP contribution in [0.3, 0.4) is 0 Å². The van der Waals surface area contributed by atoms with Crippen LogP contribution < -0.4 is 4.72 Å². The summed E-state index contributed by atoms with van der Waals surface area (Å²) in [6.07, 6.45) is 3.47. The van der Waals surface area contributed by atoms with E-state index in [1.165, 1.54) is 12.1 Å². The standard InChI is InChI=1S/C17H17N3O3S/c1-13-7-8-16(21)17(11-13)24(22,23)19-15-6-3-2-5-14(15)12-20-10-4-9-18-20/h2-11,19,21H,12H2,1H3. The maximum atomic E-state index is 12.6. The molecule has 0 aliphatic rings. The molecule has 0 saturated heterocycles. The van der Waals surface area contributed by atoms with Crippen molar-refractivity contribution in [2.45, 2.75) is 18.4 Å². The Morgan fingerprint density at radius 1 is 1.17 bits per heavy atom. The van der Waals surface area contributed by atoms with E-state index in [1.54, 1.807) is 48.3 Å². The average molecular weight is 343 g/mol. The van der Waals surface area contributed by atoms with Gasteiger partial charge in [-0.1, -0.05) is 24.3 Å². The summed E-state index contributed by atoms with van der Waals surface area (Å²) in [6, 6.07) is 13.4. The van der Waals surface area contributed by atoms with Gasteiger partial charge >= 0.3 is 0 Å². The largest absolute Gasteiger partial charge is 0.507 e. The van der Waals surface area contributed by atoms with E-state index in [1.807, 2.05) is 12.1 Å². The lowest BCUT2D eigenvalue weighted by atomic mass is 10.2. The Morgan fingerprint density at radius 2 is 1.96 bits per heavy atom. The van der Waals surface area contributed by atoms with Gasteiger partial charge in [-0.15, -0.1) is 0 Å². The van der Waals surface area contributed by atoms with E-state index in [0.29, 0.717) is 12.2 Å². The number of sulfonamides is 1. The van der Waals surface area contributed by atoms with Gasteiger partial charge in [0.05, 0.1) is 12.2 Å². The normalized spacial score (nSPS) is 11.4. The van der Waals surface area contributed by atoms with Crippen molar-refractivity contribution in [1.29, 1.82) is 0 Å². The van der Waals surface area contributed by atoms with Crippen molar-refractivity contribution in [1.82, 2.24) is 9.78 Å². The minimum atomic E-state index is -3.90. The maximum Gasteiger partial charge on any atom is 0.265 e. The molecule has 0 radical (unpaired) electrons. The summed E-state index contributed by atoms with van der Waals surface area (Å²) in [4.78, 5) is -0.142. The number of para-hydroxylation sites is 1. The number of nitrogens with zero attached hydrogens (tertiary/aromatic N) is 2. The summed E-state index contributed by atoms with van der Waals surface area (Å²) >= 11 is 0. The molecule has 0 atom stereocenters. The minimum Gasteiger partial charge on any atom is -0.507 e. The molecule has 0 aliphatic carbocycles. The third-order valence-electron chi connectivity index (χ3n) is 3.56. The summed E-state index contributed by atoms with van der Waals surface area (Å²) in [5.74, 6) is -0.280. The second kappa shape index (κ2) is 6.37. The molecule has 0 bridgehead atoms. The van der Waals surface area contributed by atoms with E-state index in [0.717, 1.165) is 11.1 Å². The third kappa shape index (κ3) is 3.41. The van der Waals surface area contributed by atoms with Gasteiger partial charge < -0.3 is 5.11 Å². The summed E-state index contributed by atoms with van der Waals surface area (Å²) in [6.45, 7) is 2.20. The van der Waals surface area contributed by atoms with Crippen molar-refractivity contribution in [3.8, 4) is 5.75 Å². The number of rotatable bonds is 5. The lowest BCUT2D eigenvalue weighted by molar-refractivity contribution is 0.459. The highest BCUT2D eigenvalue weighted by molar-refractivity contribution is 7.92. The molecule has 7 heteroatoms. The summed E-state index contributed by atoms with van der Waals surface area (Å²) < 4.78 is 29.5. The van der Waals surface area contributed by atoms with Crippen molar-refractivity contribution < 1.29 is 13.5 Å². The van der Waals surface area contributed by atoms with Crippen LogP contribution in [0.15, 0.2) is 65.8 Å². The van der Waals surface area contributed by atoms with Crippen LogP contribution in [0.1, 0.15) is 11.1 Å². The Labute approximate surface area is 140 Å². The molecule has 0 saturated carbocycles. The molecule has 3 aromatic rings. The zero-order chi connectivity index (χ0) is 17.2. The first-order valence-electron chi connectivity index (χ1n) is 7.33. The van der Waals surface area contributed by atoms with Gasteiger partial charge in [0.15, 0.2) is 0 Å². The zero-order valence-electron chi connectivity index (χ0n) is 13.0. The van der Waals surface area contributed by atoms with E-state index in [4.69, 9.17) is 0 Å². The maximum absolute atomic E-state index is 12.6. The lowest BCUT2D eigenvalue weighted by Gasteiger charge is -2.14. The zero-order valence-corrected chi connectivity index (χ0v) is 13.9. The number of hydrogen-bond acceptors (Lipinski definition) is 4. The Bertz CT molecular complexity index is 951. The van der Waals surface area contributed by atoms with Crippen LogP contribution in [-0.2, 0) is 16.6 Å². The quantitative estimate of drug-likeness (QED) is 0.746. The van der Waals surface area contributed by atoms with E-state index in [2.05, 4.69) is 9.82 Å². The summed E-state index contributed by atoms with van der Waals surface area (Å²) in [7, 11) is -3.90. The Morgan fingerprint density at radius 3 is 2.71 bits per heavy atom. The fourth-order valence-corrected chi connectivity index (χ4v) is 3.65.